The van der Waals surface area contributed by atoms with E-state index in [1.165, 1.54) is 0 Å². The number of carbonyl (C=O) groups is 2. The van der Waals surface area contributed by atoms with Crippen LogP contribution in [0.15, 0.2) is 0 Å². The standard InChI is InChI=1S/C14H26N2O3S/c1-4-12(10-20-3)15(2)14(19)16-7-5-6-11(9-16)8-13(17)18/h11-12H,4-10H2,1-3H3,(H,17,18). The maximum atomic E-state index is 12.5. The Balaban J connectivity index is 2.58. The number of hydrogen-bond acceptors (Lipinski definition) is 3. The zero-order chi connectivity index (χ0) is 15.1. The van der Waals surface area contributed by atoms with Gasteiger partial charge in [-0.05, 0) is 31.4 Å². The van der Waals surface area contributed by atoms with Gasteiger partial charge in [0.2, 0.25) is 0 Å². The minimum Gasteiger partial charge on any atom is -0.481 e. The molecule has 0 bridgehead atoms. The molecule has 1 saturated heterocycles. The first-order valence-corrected chi connectivity index (χ1v) is 8.61. The molecule has 0 spiro atoms. The van der Waals surface area contributed by atoms with E-state index in [1.54, 1.807) is 11.8 Å². The third-order valence-electron chi connectivity index (χ3n) is 3.93. The predicted octanol–water partition coefficient (Wildman–Crippen LogP) is 2.37. The summed E-state index contributed by atoms with van der Waals surface area (Å²) >= 11 is 1.75. The number of carboxylic acids is 1. The second kappa shape index (κ2) is 8.39. The molecule has 5 nitrogen and oxygen atoms in total. The van der Waals surface area contributed by atoms with Crippen molar-refractivity contribution < 1.29 is 14.7 Å². The Bertz CT molecular complexity index is 338. The minimum atomic E-state index is -0.772. The fourth-order valence-electron chi connectivity index (χ4n) is 2.73. The average molecular weight is 302 g/mol. The molecule has 0 saturated carbocycles. The van der Waals surface area contributed by atoms with Crippen LogP contribution in [0.5, 0.6) is 0 Å². The van der Waals surface area contributed by atoms with Crippen LogP contribution in [0, 0.1) is 5.92 Å². The maximum Gasteiger partial charge on any atom is 0.320 e. The Kier molecular flexibility index (Phi) is 7.19. The first-order valence-electron chi connectivity index (χ1n) is 7.22. The van der Waals surface area contributed by atoms with Gasteiger partial charge in [0, 0.05) is 38.4 Å². The van der Waals surface area contributed by atoms with Crippen LogP contribution in [0.25, 0.3) is 0 Å². The highest BCUT2D eigenvalue weighted by molar-refractivity contribution is 7.98. The van der Waals surface area contributed by atoms with E-state index in [0.29, 0.717) is 6.54 Å². The summed E-state index contributed by atoms with van der Waals surface area (Å²) in [4.78, 5) is 26.9. The lowest BCUT2D eigenvalue weighted by atomic mass is 9.95. The Morgan fingerprint density at radius 3 is 2.75 bits per heavy atom. The zero-order valence-electron chi connectivity index (χ0n) is 12.7. The number of hydrogen-bond donors (Lipinski definition) is 1. The summed E-state index contributed by atoms with van der Waals surface area (Å²) in [5.74, 6) is 0.260. The molecule has 116 valence electrons. The lowest BCUT2D eigenvalue weighted by Gasteiger charge is -2.37. The lowest BCUT2D eigenvalue weighted by molar-refractivity contribution is -0.138. The van der Waals surface area contributed by atoms with E-state index in [1.807, 2.05) is 23.1 Å². The van der Waals surface area contributed by atoms with Crippen molar-refractivity contribution in [3.63, 3.8) is 0 Å². The number of amides is 2. The molecular formula is C14H26N2O3S. The number of likely N-dealkylation sites (tertiary alicyclic amines) is 1. The van der Waals surface area contributed by atoms with Crippen LogP contribution in [-0.2, 0) is 4.79 Å². The third kappa shape index (κ3) is 4.89. The van der Waals surface area contributed by atoms with Crippen LogP contribution in [0.1, 0.15) is 32.6 Å². The van der Waals surface area contributed by atoms with Crippen LogP contribution >= 0.6 is 11.8 Å². The molecule has 2 amide bonds. The fourth-order valence-corrected chi connectivity index (χ4v) is 3.57. The fraction of sp³-hybridized carbons (Fsp3) is 0.857. The second-order valence-electron chi connectivity index (χ2n) is 5.46. The number of piperidine rings is 1. The summed E-state index contributed by atoms with van der Waals surface area (Å²) < 4.78 is 0. The monoisotopic (exact) mass is 302 g/mol. The van der Waals surface area contributed by atoms with Crippen LogP contribution in [0.2, 0.25) is 0 Å². The van der Waals surface area contributed by atoms with Gasteiger partial charge in [0.05, 0.1) is 0 Å². The molecule has 0 aromatic heterocycles. The summed E-state index contributed by atoms with van der Waals surface area (Å²) in [7, 11) is 1.85. The van der Waals surface area contributed by atoms with Gasteiger partial charge in [0.1, 0.15) is 0 Å². The number of thioether (sulfide) groups is 1. The molecule has 0 aromatic carbocycles. The van der Waals surface area contributed by atoms with Crippen LogP contribution in [0.3, 0.4) is 0 Å². The van der Waals surface area contributed by atoms with Crippen LogP contribution in [-0.4, -0.2) is 65.1 Å². The number of carboxylic acid groups (broad SMARTS) is 1. The van der Waals surface area contributed by atoms with Gasteiger partial charge in [0.15, 0.2) is 0 Å². The van der Waals surface area contributed by atoms with Gasteiger partial charge >= 0.3 is 12.0 Å². The van der Waals surface area contributed by atoms with E-state index in [9.17, 15) is 9.59 Å². The van der Waals surface area contributed by atoms with Gasteiger partial charge < -0.3 is 14.9 Å². The molecule has 0 radical (unpaired) electrons. The smallest absolute Gasteiger partial charge is 0.320 e. The van der Waals surface area contributed by atoms with E-state index < -0.39 is 5.97 Å². The van der Waals surface area contributed by atoms with Crippen LogP contribution < -0.4 is 0 Å². The van der Waals surface area contributed by atoms with Gasteiger partial charge in [-0.1, -0.05) is 6.92 Å². The largest absolute Gasteiger partial charge is 0.481 e. The highest BCUT2D eigenvalue weighted by Gasteiger charge is 2.29. The van der Waals surface area contributed by atoms with Crippen molar-refractivity contribution in [2.75, 3.05) is 32.1 Å². The van der Waals surface area contributed by atoms with Gasteiger partial charge in [0.25, 0.3) is 0 Å². The highest BCUT2D eigenvalue weighted by atomic mass is 32.2. The molecule has 20 heavy (non-hydrogen) atoms. The van der Waals surface area contributed by atoms with Gasteiger partial charge in [-0.2, -0.15) is 11.8 Å². The van der Waals surface area contributed by atoms with E-state index >= 15 is 0 Å². The second-order valence-corrected chi connectivity index (χ2v) is 6.37. The van der Waals surface area contributed by atoms with Crippen molar-refractivity contribution in [3.8, 4) is 0 Å². The first-order chi connectivity index (χ1) is 9.49. The van der Waals surface area contributed by atoms with Gasteiger partial charge in [-0.3, -0.25) is 4.79 Å². The predicted molar refractivity (Wildman–Crippen MR) is 82.2 cm³/mol. The van der Waals surface area contributed by atoms with E-state index in [-0.39, 0.29) is 24.4 Å². The molecular weight excluding hydrogens is 276 g/mol. The zero-order valence-corrected chi connectivity index (χ0v) is 13.5. The molecule has 0 aromatic rings. The first kappa shape index (κ1) is 17.1. The number of nitrogens with zero attached hydrogens (tertiary/aromatic N) is 2. The quantitative estimate of drug-likeness (QED) is 0.818. The Hall–Kier alpha value is -0.910. The van der Waals surface area contributed by atoms with Crippen molar-refractivity contribution in [3.05, 3.63) is 0 Å². The SMILES string of the molecule is CCC(CSC)N(C)C(=O)N1CCCC(CC(=O)O)C1. The maximum absolute atomic E-state index is 12.5. The van der Waals surface area contributed by atoms with Gasteiger partial charge in [-0.15, -0.1) is 0 Å². The molecule has 1 N–H and O–H groups in total. The minimum absolute atomic E-state index is 0.0426. The molecule has 2 unspecified atom stereocenters. The molecule has 6 heteroatoms. The number of urea groups is 1. The summed E-state index contributed by atoms with van der Waals surface area (Å²) in [6.45, 7) is 3.41. The normalized spacial score (nSPS) is 20.6. The molecule has 1 fully saturated rings. The van der Waals surface area contributed by atoms with E-state index in [4.69, 9.17) is 5.11 Å². The molecule has 2 atom stereocenters. The molecule has 1 rings (SSSR count). The molecule has 0 aliphatic carbocycles. The Labute approximate surface area is 125 Å². The number of rotatable bonds is 6. The summed E-state index contributed by atoms with van der Waals surface area (Å²) in [5, 5.41) is 8.88. The van der Waals surface area contributed by atoms with Crippen molar-refractivity contribution in [1.29, 1.82) is 0 Å². The van der Waals surface area contributed by atoms with Crippen molar-refractivity contribution in [1.82, 2.24) is 9.80 Å². The van der Waals surface area contributed by atoms with E-state index in [2.05, 4.69) is 6.92 Å². The van der Waals surface area contributed by atoms with Crippen LogP contribution in [0.4, 0.5) is 4.79 Å². The average Bonchev–Trinajstić information content (AvgIpc) is 2.42. The van der Waals surface area contributed by atoms with Gasteiger partial charge in [-0.25, -0.2) is 4.79 Å². The molecule has 1 aliphatic rings. The molecule has 1 aliphatic heterocycles. The summed E-state index contributed by atoms with van der Waals surface area (Å²) in [6, 6.07) is 0.290. The van der Waals surface area contributed by atoms with E-state index in [0.717, 1.165) is 31.6 Å². The Morgan fingerprint density at radius 2 is 2.20 bits per heavy atom. The third-order valence-corrected chi connectivity index (χ3v) is 4.65. The summed E-state index contributed by atoms with van der Waals surface area (Å²) in [5.41, 5.74) is 0. The Morgan fingerprint density at radius 1 is 1.50 bits per heavy atom. The number of aliphatic carboxylic acids is 1. The highest BCUT2D eigenvalue weighted by Crippen LogP contribution is 2.21. The molecule has 1 heterocycles. The lowest BCUT2D eigenvalue weighted by Crippen LogP contribution is -2.50. The summed E-state index contributed by atoms with van der Waals surface area (Å²) in [6.07, 6.45) is 4.95. The van der Waals surface area contributed by atoms with Crippen molar-refractivity contribution in [2.45, 2.75) is 38.6 Å². The van der Waals surface area contributed by atoms with Crippen molar-refractivity contribution >= 4 is 23.8 Å². The van der Waals surface area contributed by atoms with Crippen molar-refractivity contribution in [2.24, 2.45) is 5.92 Å². The number of carbonyl (C=O) groups excluding carboxylic acids is 1. The topological polar surface area (TPSA) is 60.9 Å².